The summed E-state index contributed by atoms with van der Waals surface area (Å²) in [5.41, 5.74) is -0.465. The van der Waals surface area contributed by atoms with Crippen molar-refractivity contribution in [3.63, 3.8) is 0 Å². The number of aliphatic imine (C=N–C) groups is 1. The van der Waals surface area contributed by atoms with Crippen LogP contribution in [-0.4, -0.2) is 11.6 Å². The van der Waals surface area contributed by atoms with Crippen LogP contribution in [0.4, 0.5) is 0 Å². The van der Waals surface area contributed by atoms with Crippen molar-refractivity contribution in [2.75, 3.05) is 0 Å². The molecule has 0 heterocycles. The van der Waals surface area contributed by atoms with E-state index >= 15 is 0 Å². The lowest BCUT2D eigenvalue weighted by molar-refractivity contribution is 0.560. The summed E-state index contributed by atoms with van der Waals surface area (Å²) in [6.45, 7) is 0. The van der Waals surface area contributed by atoms with Gasteiger partial charge in [-0.1, -0.05) is 65.1 Å². The second kappa shape index (κ2) is 4.81. The van der Waals surface area contributed by atoms with Crippen LogP contribution >= 0.6 is 34.8 Å². The number of hydrogen-bond donors (Lipinski definition) is 0. The van der Waals surface area contributed by atoms with Gasteiger partial charge in [0.15, 0.2) is 9.83 Å². The van der Waals surface area contributed by atoms with E-state index in [1.165, 1.54) is 6.08 Å². The smallest absolute Gasteiger partial charge is 0.211 e. The molecule has 1 rings (SSSR count). The summed E-state index contributed by atoms with van der Waals surface area (Å²) < 4.78 is -1.42. The Morgan fingerprint density at radius 1 is 1.29 bits per heavy atom. The van der Waals surface area contributed by atoms with Gasteiger partial charge in [0.05, 0.1) is 0 Å². The average molecular weight is 251 g/mol. The van der Waals surface area contributed by atoms with E-state index in [4.69, 9.17) is 34.8 Å². The van der Waals surface area contributed by atoms with Crippen molar-refractivity contribution in [1.29, 1.82) is 0 Å². The monoisotopic (exact) mass is 249 g/mol. The Kier molecular flexibility index (Phi) is 3.97. The van der Waals surface area contributed by atoms with E-state index in [-0.39, 0.29) is 0 Å². The van der Waals surface area contributed by atoms with Gasteiger partial charge in [0.1, 0.15) is 0 Å². The SMILES string of the molecule is O=C=NC(Cl)C(Cl)(Cl)c1ccccc1. The maximum absolute atomic E-state index is 10.00. The minimum Gasteiger partial charge on any atom is -0.211 e. The molecule has 0 radical (unpaired) electrons. The summed E-state index contributed by atoms with van der Waals surface area (Å²) >= 11 is 17.6. The van der Waals surface area contributed by atoms with Crippen LogP contribution in [0.15, 0.2) is 35.3 Å². The van der Waals surface area contributed by atoms with Crippen molar-refractivity contribution in [2.45, 2.75) is 9.83 Å². The highest BCUT2D eigenvalue weighted by Gasteiger charge is 2.35. The van der Waals surface area contributed by atoms with Gasteiger partial charge in [-0.05, 0) is 5.56 Å². The Morgan fingerprint density at radius 2 is 1.86 bits per heavy atom. The third kappa shape index (κ3) is 2.49. The van der Waals surface area contributed by atoms with E-state index in [2.05, 4.69) is 4.99 Å². The van der Waals surface area contributed by atoms with Crippen LogP contribution in [0.25, 0.3) is 0 Å². The van der Waals surface area contributed by atoms with E-state index in [1.54, 1.807) is 24.3 Å². The van der Waals surface area contributed by atoms with E-state index in [0.29, 0.717) is 5.56 Å². The molecule has 0 aliphatic carbocycles. The lowest BCUT2D eigenvalue weighted by Crippen LogP contribution is -2.21. The number of hydrogen-bond acceptors (Lipinski definition) is 2. The van der Waals surface area contributed by atoms with Crippen molar-refractivity contribution in [1.82, 2.24) is 0 Å². The van der Waals surface area contributed by atoms with Crippen LogP contribution in [-0.2, 0) is 9.13 Å². The van der Waals surface area contributed by atoms with Crippen LogP contribution in [0.3, 0.4) is 0 Å². The Morgan fingerprint density at radius 3 is 2.36 bits per heavy atom. The predicted molar refractivity (Wildman–Crippen MR) is 57.6 cm³/mol. The van der Waals surface area contributed by atoms with Gasteiger partial charge >= 0.3 is 0 Å². The van der Waals surface area contributed by atoms with Gasteiger partial charge in [-0.2, -0.15) is 4.99 Å². The molecular formula is C9H6Cl3NO. The summed E-state index contributed by atoms with van der Waals surface area (Å²) in [6, 6.07) is 8.76. The van der Waals surface area contributed by atoms with Crippen molar-refractivity contribution in [2.24, 2.45) is 4.99 Å². The van der Waals surface area contributed by atoms with Crippen molar-refractivity contribution in [3.05, 3.63) is 35.9 Å². The molecule has 0 saturated carbocycles. The first-order chi connectivity index (χ1) is 6.59. The molecule has 1 aromatic rings. The maximum atomic E-state index is 10.00. The molecule has 1 atom stereocenters. The predicted octanol–water partition coefficient (Wildman–Crippen LogP) is 3.22. The van der Waals surface area contributed by atoms with Crippen LogP contribution in [0.1, 0.15) is 5.56 Å². The first-order valence-electron chi connectivity index (χ1n) is 3.73. The second-order valence-electron chi connectivity index (χ2n) is 2.55. The van der Waals surface area contributed by atoms with Crippen LogP contribution in [0.2, 0.25) is 0 Å². The Balaban J connectivity index is 3.01. The van der Waals surface area contributed by atoms with Gasteiger partial charge in [0.25, 0.3) is 0 Å². The third-order valence-electron chi connectivity index (χ3n) is 1.62. The zero-order valence-corrected chi connectivity index (χ0v) is 9.22. The summed E-state index contributed by atoms with van der Waals surface area (Å²) in [4.78, 5) is 13.3. The highest BCUT2D eigenvalue weighted by Crippen LogP contribution is 2.40. The third-order valence-corrected chi connectivity index (χ3v) is 3.12. The molecule has 5 heteroatoms. The van der Waals surface area contributed by atoms with E-state index in [9.17, 15) is 4.79 Å². The van der Waals surface area contributed by atoms with Gasteiger partial charge in [-0.3, -0.25) is 0 Å². The minimum atomic E-state index is -1.42. The number of alkyl halides is 3. The van der Waals surface area contributed by atoms with Crippen LogP contribution in [0, 0.1) is 0 Å². The van der Waals surface area contributed by atoms with E-state index in [0.717, 1.165) is 0 Å². The second-order valence-corrected chi connectivity index (χ2v) is 4.34. The molecule has 0 spiro atoms. The first kappa shape index (κ1) is 11.5. The standard InChI is InChI=1S/C9H6Cl3NO/c10-8(13-6-14)9(11,12)7-4-2-1-3-5-7/h1-5,8H. The molecule has 0 aliphatic rings. The highest BCUT2D eigenvalue weighted by molar-refractivity contribution is 6.51. The molecule has 0 N–H and O–H groups in total. The molecule has 1 unspecified atom stereocenters. The molecule has 0 amide bonds. The van der Waals surface area contributed by atoms with E-state index < -0.39 is 9.83 Å². The molecule has 0 saturated heterocycles. The van der Waals surface area contributed by atoms with Gasteiger partial charge in [-0.25, -0.2) is 4.79 Å². The lowest BCUT2D eigenvalue weighted by Gasteiger charge is -2.21. The number of benzene rings is 1. The van der Waals surface area contributed by atoms with Crippen LogP contribution < -0.4 is 0 Å². The minimum absolute atomic E-state index is 0.585. The molecule has 2 nitrogen and oxygen atoms in total. The van der Waals surface area contributed by atoms with Crippen molar-refractivity contribution in [3.8, 4) is 0 Å². The number of nitrogens with zero attached hydrogens (tertiary/aromatic N) is 1. The molecule has 0 aromatic heterocycles. The van der Waals surface area contributed by atoms with Gasteiger partial charge < -0.3 is 0 Å². The highest BCUT2D eigenvalue weighted by atomic mass is 35.5. The summed E-state index contributed by atoms with van der Waals surface area (Å²) in [6.07, 6.45) is 1.32. The van der Waals surface area contributed by atoms with Crippen molar-refractivity contribution < 1.29 is 4.79 Å². The average Bonchev–Trinajstić information content (AvgIpc) is 2.19. The van der Waals surface area contributed by atoms with E-state index in [1.807, 2.05) is 6.07 Å². The number of halogens is 3. The molecular weight excluding hydrogens is 244 g/mol. The Bertz CT molecular complexity index is 346. The summed E-state index contributed by atoms with van der Waals surface area (Å²) in [7, 11) is 0. The molecule has 1 aromatic carbocycles. The summed E-state index contributed by atoms with van der Waals surface area (Å²) in [5, 5.41) is 0. The number of isocyanates is 1. The Hall–Kier alpha value is -0.530. The molecule has 0 aliphatic heterocycles. The Labute approximate surface area is 96.5 Å². The largest absolute Gasteiger partial charge is 0.236 e. The zero-order chi connectivity index (χ0) is 10.6. The number of rotatable bonds is 3. The zero-order valence-electron chi connectivity index (χ0n) is 6.95. The summed E-state index contributed by atoms with van der Waals surface area (Å²) in [5.74, 6) is 0. The molecule has 0 fully saturated rings. The fourth-order valence-electron chi connectivity index (χ4n) is 0.925. The fraction of sp³-hybridized carbons (Fsp3) is 0.222. The first-order valence-corrected chi connectivity index (χ1v) is 4.92. The molecule has 14 heavy (non-hydrogen) atoms. The van der Waals surface area contributed by atoms with Crippen molar-refractivity contribution >= 4 is 40.9 Å². The molecule has 74 valence electrons. The fourth-order valence-corrected chi connectivity index (χ4v) is 1.44. The molecule has 0 bridgehead atoms. The van der Waals surface area contributed by atoms with Gasteiger partial charge in [0.2, 0.25) is 6.08 Å². The maximum Gasteiger partial charge on any atom is 0.236 e. The lowest BCUT2D eigenvalue weighted by atomic mass is 10.1. The normalized spacial score (nSPS) is 13.1. The topological polar surface area (TPSA) is 29.4 Å². The van der Waals surface area contributed by atoms with Gasteiger partial charge in [0, 0.05) is 0 Å². The quantitative estimate of drug-likeness (QED) is 0.350. The van der Waals surface area contributed by atoms with Crippen LogP contribution in [0.5, 0.6) is 0 Å². The van der Waals surface area contributed by atoms with Gasteiger partial charge in [-0.15, -0.1) is 0 Å². The number of carbonyl (C=O) groups excluding carboxylic acids is 1.